The Kier molecular flexibility index (Phi) is 4.17. The first-order chi connectivity index (χ1) is 8.56. The molecule has 0 amide bonds. The molecule has 0 spiro atoms. The fourth-order valence-corrected chi connectivity index (χ4v) is 1.26. The molecule has 0 aliphatic carbocycles. The van der Waals surface area contributed by atoms with E-state index in [1.165, 1.54) is 0 Å². The van der Waals surface area contributed by atoms with Gasteiger partial charge in [-0.1, -0.05) is 6.58 Å². The van der Waals surface area contributed by atoms with Gasteiger partial charge in [0.2, 0.25) is 0 Å². The van der Waals surface area contributed by atoms with Crippen LogP contribution in [0.3, 0.4) is 0 Å². The minimum Gasteiger partial charge on any atom is -0.460 e. The predicted octanol–water partition coefficient (Wildman–Crippen LogP) is 0.975. The van der Waals surface area contributed by atoms with Crippen molar-refractivity contribution in [1.82, 2.24) is 0 Å². The Morgan fingerprint density at radius 3 is 2.58 bits per heavy atom. The fraction of sp³-hybridized carbons (Fsp3) is 0.667. The molecule has 2 unspecified atom stereocenters. The van der Waals surface area contributed by atoms with Gasteiger partial charge in [-0.2, -0.15) is 22.0 Å². The molecule has 5 nitrogen and oxygen atoms in total. The summed E-state index contributed by atoms with van der Waals surface area (Å²) in [6.07, 6.45) is -7.62. The lowest BCUT2D eigenvalue weighted by Crippen LogP contribution is -2.69. The van der Waals surface area contributed by atoms with Gasteiger partial charge in [0.1, 0.15) is 6.61 Å². The molecule has 1 aliphatic rings. The number of carbonyl (C=O) groups is 1. The van der Waals surface area contributed by atoms with Gasteiger partial charge < -0.3 is 19.3 Å². The molecule has 0 aromatic carbocycles. The second-order valence-electron chi connectivity index (χ2n) is 3.52. The van der Waals surface area contributed by atoms with Crippen molar-refractivity contribution in [3.05, 3.63) is 12.7 Å². The van der Waals surface area contributed by atoms with Crippen LogP contribution in [0.2, 0.25) is 0 Å². The van der Waals surface area contributed by atoms with Crippen LogP contribution in [0.1, 0.15) is 0 Å². The SMILES string of the molecule is C=CC(=O)OCC1OCOC(O)(C(F)(F)F)C1(F)F. The lowest BCUT2D eigenvalue weighted by atomic mass is 10.0. The molecular formula is C9H9F5O5. The number of ether oxygens (including phenoxy) is 3. The Hall–Kier alpha value is -1.26. The average Bonchev–Trinajstić information content (AvgIpc) is 2.29. The molecule has 1 heterocycles. The van der Waals surface area contributed by atoms with E-state index in [4.69, 9.17) is 5.11 Å². The van der Waals surface area contributed by atoms with Gasteiger partial charge in [-0.05, 0) is 0 Å². The first-order valence-electron chi connectivity index (χ1n) is 4.78. The molecule has 110 valence electrons. The van der Waals surface area contributed by atoms with Gasteiger partial charge in [0, 0.05) is 6.08 Å². The van der Waals surface area contributed by atoms with Crippen LogP contribution in [0, 0.1) is 0 Å². The maximum atomic E-state index is 13.5. The van der Waals surface area contributed by atoms with Crippen molar-refractivity contribution in [2.24, 2.45) is 0 Å². The highest BCUT2D eigenvalue weighted by Crippen LogP contribution is 2.47. The molecule has 1 aliphatic heterocycles. The fourth-order valence-electron chi connectivity index (χ4n) is 1.26. The second-order valence-corrected chi connectivity index (χ2v) is 3.52. The van der Waals surface area contributed by atoms with Gasteiger partial charge in [0.25, 0.3) is 0 Å². The Morgan fingerprint density at radius 1 is 1.53 bits per heavy atom. The summed E-state index contributed by atoms with van der Waals surface area (Å²) in [5, 5.41) is 8.99. The van der Waals surface area contributed by atoms with Crippen LogP contribution in [0.4, 0.5) is 22.0 Å². The summed E-state index contributed by atoms with van der Waals surface area (Å²) in [4.78, 5) is 10.7. The average molecular weight is 292 g/mol. The number of hydrogen-bond acceptors (Lipinski definition) is 5. The quantitative estimate of drug-likeness (QED) is 0.477. The molecule has 10 heteroatoms. The van der Waals surface area contributed by atoms with Gasteiger partial charge in [0.05, 0.1) is 0 Å². The summed E-state index contributed by atoms with van der Waals surface area (Å²) in [5.41, 5.74) is 0. The molecule has 2 atom stereocenters. The van der Waals surface area contributed by atoms with Gasteiger partial charge >= 0.3 is 23.9 Å². The van der Waals surface area contributed by atoms with Gasteiger partial charge in [0.15, 0.2) is 12.9 Å². The Labute approximate surface area is 103 Å². The van der Waals surface area contributed by atoms with Crippen molar-refractivity contribution in [3.8, 4) is 0 Å². The highest BCUT2D eigenvalue weighted by Gasteiger charge is 2.75. The Morgan fingerprint density at radius 2 is 2.11 bits per heavy atom. The minimum atomic E-state index is -5.75. The maximum absolute atomic E-state index is 13.5. The normalized spacial score (nSPS) is 30.7. The van der Waals surface area contributed by atoms with Gasteiger partial charge in [-0.25, -0.2) is 4.79 Å². The number of hydrogen-bond donors (Lipinski definition) is 1. The zero-order valence-corrected chi connectivity index (χ0v) is 9.25. The van der Waals surface area contributed by atoms with Crippen molar-refractivity contribution < 1.29 is 46.1 Å². The van der Waals surface area contributed by atoms with Crippen LogP contribution < -0.4 is 0 Å². The molecule has 0 aromatic rings. The monoisotopic (exact) mass is 292 g/mol. The third kappa shape index (κ3) is 2.69. The van der Waals surface area contributed by atoms with E-state index in [0.29, 0.717) is 6.08 Å². The molecule has 19 heavy (non-hydrogen) atoms. The first-order valence-corrected chi connectivity index (χ1v) is 4.78. The molecule has 1 fully saturated rings. The zero-order chi connectivity index (χ0) is 14.9. The predicted molar refractivity (Wildman–Crippen MR) is 47.9 cm³/mol. The van der Waals surface area contributed by atoms with Crippen molar-refractivity contribution in [3.63, 3.8) is 0 Å². The Balaban J connectivity index is 2.91. The summed E-state index contributed by atoms with van der Waals surface area (Å²) in [6.45, 7) is 0.543. The molecule has 0 saturated carbocycles. The molecular weight excluding hydrogens is 283 g/mol. The van der Waals surface area contributed by atoms with Crippen LogP contribution in [0.25, 0.3) is 0 Å². The van der Waals surface area contributed by atoms with Crippen LogP contribution in [-0.4, -0.2) is 48.5 Å². The first kappa shape index (κ1) is 15.8. The highest BCUT2D eigenvalue weighted by atomic mass is 19.4. The standard InChI is InChI=1S/C9H9F5O5/c1-2-6(15)17-3-5-7(10,11)8(16,9(12,13)14)19-4-18-5/h2,5,16H,1,3-4H2. The summed E-state index contributed by atoms with van der Waals surface area (Å²) in [7, 11) is 0. The van der Waals surface area contributed by atoms with Crippen LogP contribution in [0.5, 0.6) is 0 Å². The molecule has 1 saturated heterocycles. The van der Waals surface area contributed by atoms with E-state index in [0.717, 1.165) is 0 Å². The van der Waals surface area contributed by atoms with E-state index in [9.17, 15) is 26.7 Å². The van der Waals surface area contributed by atoms with Gasteiger partial charge in [-0.3, -0.25) is 0 Å². The number of halogens is 5. The maximum Gasteiger partial charge on any atom is 0.449 e. The van der Waals surface area contributed by atoms with E-state index in [-0.39, 0.29) is 0 Å². The smallest absolute Gasteiger partial charge is 0.449 e. The summed E-state index contributed by atoms with van der Waals surface area (Å²) in [5.74, 6) is -10.7. The third-order valence-corrected chi connectivity index (χ3v) is 2.32. The van der Waals surface area contributed by atoms with Crippen molar-refractivity contribution in [2.75, 3.05) is 13.4 Å². The second kappa shape index (κ2) is 5.02. The third-order valence-electron chi connectivity index (χ3n) is 2.32. The lowest BCUT2D eigenvalue weighted by molar-refractivity contribution is -0.484. The number of carbonyl (C=O) groups excluding carboxylic acids is 1. The van der Waals surface area contributed by atoms with E-state index in [2.05, 4.69) is 20.8 Å². The summed E-state index contributed by atoms with van der Waals surface area (Å²) in [6, 6.07) is 0. The number of alkyl halides is 5. The molecule has 0 aromatic heterocycles. The van der Waals surface area contributed by atoms with E-state index >= 15 is 0 Å². The van der Waals surface area contributed by atoms with E-state index in [1.807, 2.05) is 0 Å². The van der Waals surface area contributed by atoms with Crippen molar-refractivity contribution in [1.29, 1.82) is 0 Å². The number of aliphatic hydroxyl groups is 1. The number of esters is 1. The highest BCUT2D eigenvalue weighted by molar-refractivity contribution is 5.81. The summed E-state index contributed by atoms with van der Waals surface area (Å²) >= 11 is 0. The zero-order valence-electron chi connectivity index (χ0n) is 9.25. The largest absolute Gasteiger partial charge is 0.460 e. The lowest BCUT2D eigenvalue weighted by Gasteiger charge is -2.43. The van der Waals surface area contributed by atoms with Crippen LogP contribution in [-0.2, 0) is 19.0 Å². The van der Waals surface area contributed by atoms with Crippen molar-refractivity contribution >= 4 is 5.97 Å². The topological polar surface area (TPSA) is 65.0 Å². The van der Waals surface area contributed by atoms with E-state index < -0.39 is 43.4 Å². The molecule has 0 radical (unpaired) electrons. The molecule has 0 bridgehead atoms. The minimum absolute atomic E-state index is 0.632. The molecule has 1 N–H and O–H groups in total. The van der Waals surface area contributed by atoms with E-state index in [1.54, 1.807) is 0 Å². The van der Waals surface area contributed by atoms with Crippen molar-refractivity contribution in [2.45, 2.75) is 24.0 Å². The van der Waals surface area contributed by atoms with Crippen LogP contribution in [0.15, 0.2) is 12.7 Å². The van der Waals surface area contributed by atoms with Crippen LogP contribution >= 0.6 is 0 Å². The van der Waals surface area contributed by atoms with Gasteiger partial charge in [-0.15, -0.1) is 0 Å². The molecule has 1 rings (SSSR count). The number of rotatable bonds is 3. The Bertz CT molecular complexity index is 369. The summed E-state index contributed by atoms with van der Waals surface area (Å²) < 4.78 is 76.4.